The van der Waals surface area contributed by atoms with Crippen molar-refractivity contribution in [2.75, 3.05) is 5.32 Å². The van der Waals surface area contributed by atoms with E-state index in [2.05, 4.69) is 15.8 Å². The number of carbonyl (C=O) groups excluding carboxylic acids is 2. The fourth-order valence-electron chi connectivity index (χ4n) is 2.56. The van der Waals surface area contributed by atoms with E-state index in [9.17, 15) is 9.59 Å². The van der Waals surface area contributed by atoms with Gasteiger partial charge in [0.05, 0.1) is 11.7 Å². The van der Waals surface area contributed by atoms with Gasteiger partial charge in [0.25, 0.3) is 5.91 Å². The van der Waals surface area contributed by atoms with E-state index in [0.717, 1.165) is 11.1 Å². The standard InChI is InChI=1S/C21H20ClN3O4/c1-13-11-19(29-25-13)20(26)23-14(2)16-5-9-18(10-6-16)24-21(27)28-12-15-3-7-17(22)8-4-15/h3-11,14H,12H2,1-2H3,(H,23,26)(H,24,27). The van der Waals surface area contributed by atoms with E-state index in [0.29, 0.717) is 16.4 Å². The Morgan fingerprint density at radius 2 is 1.83 bits per heavy atom. The first-order valence-corrected chi connectivity index (χ1v) is 9.31. The van der Waals surface area contributed by atoms with Crippen LogP contribution in [0.15, 0.2) is 59.1 Å². The van der Waals surface area contributed by atoms with Gasteiger partial charge in [0, 0.05) is 16.8 Å². The molecule has 29 heavy (non-hydrogen) atoms. The lowest BCUT2D eigenvalue weighted by Crippen LogP contribution is -2.26. The summed E-state index contributed by atoms with van der Waals surface area (Å²) in [6.07, 6.45) is -0.560. The van der Waals surface area contributed by atoms with Gasteiger partial charge in [-0.25, -0.2) is 4.79 Å². The summed E-state index contributed by atoms with van der Waals surface area (Å²) < 4.78 is 10.1. The quantitative estimate of drug-likeness (QED) is 0.600. The van der Waals surface area contributed by atoms with Gasteiger partial charge in [0.1, 0.15) is 6.61 Å². The number of amides is 2. The maximum Gasteiger partial charge on any atom is 0.411 e. The second-order valence-corrected chi connectivity index (χ2v) is 6.91. The van der Waals surface area contributed by atoms with Gasteiger partial charge in [0.15, 0.2) is 0 Å². The van der Waals surface area contributed by atoms with Crippen molar-refractivity contribution in [2.45, 2.75) is 26.5 Å². The summed E-state index contributed by atoms with van der Waals surface area (Å²) in [6.45, 7) is 3.74. The number of aryl methyl sites for hydroxylation is 1. The fraction of sp³-hybridized carbons (Fsp3) is 0.190. The van der Waals surface area contributed by atoms with Crippen molar-refractivity contribution in [2.24, 2.45) is 0 Å². The molecule has 0 aliphatic carbocycles. The van der Waals surface area contributed by atoms with E-state index in [1.807, 2.05) is 19.1 Å². The van der Waals surface area contributed by atoms with Crippen LogP contribution in [-0.4, -0.2) is 17.2 Å². The van der Waals surface area contributed by atoms with Gasteiger partial charge < -0.3 is 14.6 Å². The molecule has 3 rings (SSSR count). The molecule has 8 heteroatoms. The Labute approximate surface area is 173 Å². The van der Waals surface area contributed by atoms with Crippen molar-refractivity contribution < 1.29 is 18.8 Å². The molecular weight excluding hydrogens is 394 g/mol. The first kappa shape index (κ1) is 20.4. The number of halogens is 1. The molecule has 0 radical (unpaired) electrons. The minimum absolute atomic E-state index is 0.144. The number of hydrogen-bond donors (Lipinski definition) is 2. The van der Waals surface area contributed by atoms with Crippen LogP contribution in [0.2, 0.25) is 5.02 Å². The Morgan fingerprint density at radius 1 is 1.14 bits per heavy atom. The second-order valence-electron chi connectivity index (χ2n) is 6.48. The zero-order valence-electron chi connectivity index (χ0n) is 15.9. The molecule has 1 aromatic heterocycles. The number of benzene rings is 2. The van der Waals surface area contributed by atoms with E-state index in [4.69, 9.17) is 20.9 Å². The molecule has 2 N–H and O–H groups in total. The average molecular weight is 414 g/mol. The third-order valence-electron chi connectivity index (χ3n) is 4.14. The molecule has 150 valence electrons. The Hall–Kier alpha value is -3.32. The third kappa shape index (κ3) is 5.83. The molecule has 0 aliphatic rings. The normalized spacial score (nSPS) is 11.6. The van der Waals surface area contributed by atoms with Crippen LogP contribution in [0.5, 0.6) is 0 Å². The van der Waals surface area contributed by atoms with Crippen LogP contribution in [-0.2, 0) is 11.3 Å². The summed E-state index contributed by atoms with van der Waals surface area (Å²) in [5, 5.41) is 9.82. The molecule has 2 amide bonds. The van der Waals surface area contributed by atoms with Crippen molar-refractivity contribution in [3.63, 3.8) is 0 Å². The highest BCUT2D eigenvalue weighted by Gasteiger charge is 2.15. The SMILES string of the molecule is Cc1cc(C(=O)NC(C)c2ccc(NC(=O)OCc3ccc(Cl)cc3)cc2)on1. The molecule has 0 bridgehead atoms. The first-order chi connectivity index (χ1) is 13.9. The summed E-state index contributed by atoms with van der Waals surface area (Å²) in [7, 11) is 0. The van der Waals surface area contributed by atoms with Crippen molar-refractivity contribution >= 4 is 29.3 Å². The van der Waals surface area contributed by atoms with Crippen molar-refractivity contribution in [3.05, 3.63) is 82.2 Å². The molecule has 0 saturated carbocycles. The van der Waals surface area contributed by atoms with Crippen LogP contribution < -0.4 is 10.6 Å². The van der Waals surface area contributed by atoms with E-state index in [1.54, 1.807) is 49.4 Å². The third-order valence-corrected chi connectivity index (χ3v) is 4.39. The zero-order valence-corrected chi connectivity index (χ0v) is 16.7. The number of anilines is 1. The van der Waals surface area contributed by atoms with Gasteiger partial charge in [-0.1, -0.05) is 41.0 Å². The Balaban J connectivity index is 1.50. The van der Waals surface area contributed by atoms with Crippen LogP contribution in [0.1, 0.15) is 40.3 Å². The number of carbonyl (C=O) groups is 2. The predicted octanol–water partition coefficient (Wildman–Crippen LogP) is 4.88. The number of rotatable bonds is 6. The highest BCUT2D eigenvalue weighted by molar-refractivity contribution is 6.30. The van der Waals surface area contributed by atoms with E-state index in [-0.39, 0.29) is 24.3 Å². The molecule has 2 aromatic carbocycles. The molecular formula is C21H20ClN3O4. The van der Waals surface area contributed by atoms with Gasteiger partial charge in [-0.05, 0) is 49.2 Å². The van der Waals surface area contributed by atoms with Crippen LogP contribution >= 0.6 is 11.6 Å². The summed E-state index contributed by atoms with van der Waals surface area (Å²) in [5.41, 5.74) is 2.93. The molecule has 7 nitrogen and oxygen atoms in total. The monoisotopic (exact) mass is 413 g/mol. The van der Waals surface area contributed by atoms with Crippen LogP contribution in [0, 0.1) is 6.92 Å². The number of aromatic nitrogens is 1. The Morgan fingerprint density at radius 3 is 2.45 bits per heavy atom. The van der Waals surface area contributed by atoms with Crippen LogP contribution in [0.25, 0.3) is 0 Å². The van der Waals surface area contributed by atoms with Crippen molar-refractivity contribution in [3.8, 4) is 0 Å². The first-order valence-electron chi connectivity index (χ1n) is 8.93. The Bertz CT molecular complexity index is 984. The number of nitrogens with one attached hydrogen (secondary N) is 2. The predicted molar refractivity (Wildman–Crippen MR) is 109 cm³/mol. The summed E-state index contributed by atoms with van der Waals surface area (Å²) in [5.74, 6) is -0.179. The van der Waals surface area contributed by atoms with Gasteiger partial charge in [0.2, 0.25) is 5.76 Å². The number of ether oxygens (including phenoxy) is 1. The van der Waals surface area contributed by atoms with Gasteiger partial charge in [-0.15, -0.1) is 0 Å². The molecule has 1 atom stereocenters. The summed E-state index contributed by atoms with van der Waals surface area (Å²) in [6, 6.07) is 15.5. The second kappa shape index (κ2) is 9.25. The molecule has 1 unspecified atom stereocenters. The highest BCUT2D eigenvalue weighted by atomic mass is 35.5. The average Bonchev–Trinajstić information content (AvgIpc) is 3.14. The zero-order chi connectivity index (χ0) is 20.8. The lowest BCUT2D eigenvalue weighted by molar-refractivity contribution is 0.0902. The van der Waals surface area contributed by atoms with Gasteiger partial charge in [-0.3, -0.25) is 10.1 Å². The summed E-state index contributed by atoms with van der Waals surface area (Å²) in [4.78, 5) is 24.1. The van der Waals surface area contributed by atoms with E-state index >= 15 is 0 Å². The Kier molecular flexibility index (Phi) is 6.51. The number of hydrogen-bond acceptors (Lipinski definition) is 5. The maximum absolute atomic E-state index is 12.1. The topological polar surface area (TPSA) is 93.5 Å². The molecule has 0 fully saturated rings. The maximum atomic E-state index is 12.1. The molecule has 3 aromatic rings. The minimum atomic E-state index is -0.560. The molecule has 0 saturated heterocycles. The summed E-state index contributed by atoms with van der Waals surface area (Å²) >= 11 is 5.83. The highest BCUT2D eigenvalue weighted by Crippen LogP contribution is 2.17. The smallest absolute Gasteiger partial charge is 0.411 e. The van der Waals surface area contributed by atoms with Gasteiger partial charge in [-0.2, -0.15) is 0 Å². The van der Waals surface area contributed by atoms with Crippen LogP contribution in [0.4, 0.5) is 10.5 Å². The molecule has 0 aliphatic heterocycles. The van der Waals surface area contributed by atoms with Crippen molar-refractivity contribution in [1.82, 2.24) is 10.5 Å². The van der Waals surface area contributed by atoms with E-state index in [1.165, 1.54) is 0 Å². The fourth-order valence-corrected chi connectivity index (χ4v) is 2.69. The lowest BCUT2D eigenvalue weighted by atomic mass is 10.1. The van der Waals surface area contributed by atoms with E-state index < -0.39 is 6.09 Å². The van der Waals surface area contributed by atoms with Crippen molar-refractivity contribution in [1.29, 1.82) is 0 Å². The minimum Gasteiger partial charge on any atom is -0.444 e. The lowest BCUT2D eigenvalue weighted by Gasteiger charge is -2.14. The van der Waals surface area contributed by atoms with Gasteiger partial charge >= 0.3 is 6.09 Å². The molecule has 1 heterocycles. The van der Waals surface area contributed by atoms with Crippen LogP contribution in [0.3, 0.4) is 0 Å². The molecule has 0 spiro atoms. The number of nitrogens with zero attached hydrogens (tertiary/aromatic N) is 1. The largest absolute Gasteiger partial charge is 0.444 e.